The minimum absolute atomic E-state index is 0.0108. The van der Waals surface area contributed by atoms with Gasteiger partial charge in [-0.1, -0.05) is 23.2 Å². The van der Waals surface area contributed by atoms with Gasteiger partial charge in [-0.3, -0.25) is 4.79 Å². The fourth-order valence-electron chi connectivity index (χ4n) is 3.72. The van der Waals surface area contributed by atoms with Crippen molar-refractivity contribution in [1.82, 2.24) is 3.97 Å². The summed E-state index contributed by atoms with van der Waals surface area (Å²) in [6, 6.07) is 14.6. The molecule has 0 aliphatic rings. The Bertz CT molecular complexity index is 1480. The van der Waals surface area contributed by atoms with E-state index in [-0.39, 0.29) is 27.1 Å². The first kappa shape index (κ1) is 23.1. The number of nitrogens with one attached hydrogen (secondary N) is 1. The maximum absolute atomic E-state index is 13.9. The zero-order valence-electron chi connectivity index (χ0n) is 17.1. The summed E-state index contributed by atoms with van der Waals surface area (Å²) in [4.78, 5) is 11.3. The third-order valence-corrected chi connectivity index (χ3v) is 7.37. The van der Waals surface area contributed by atoms with Crippen LogP contribution in [0, 0.1) is 12.7 Å². The van der Waals surface area contributed by atoms with E-state index in [1.54, 1.807) is 30.3 Å². The van der Waals surface area contributed by atoms with Gasteiger partial charge in [-0.15, -0.1) is 0 Å². The summed E-state index contributed by atoms with van der Waals surface area (Å²) in [5.74, 6) is -1.73. The lowest BCUT2D eigenvalue weighted by Crippen LogP contribution is -2.15. The van der Waals surface area contributed by atoms with Crippen LogP contribution in [-0.4, -0.2) is 23.5 Å². The van der Waals surface area contributed by atoms with Gasteiger partial charge in [-0.2, -0.15) is 0 Å². The number of hydrogen-bond donors (Lipinski definition) is 2. The van der Waals surface area contributed by atoms with E-state index in [1.165, 1.54) is 25.1 Å². The van der Waals surface area contributed by atoms with E-state index in [0.717, 1.165) is 16.1 Å². The third-order valence-electron chi connectivity index (χ3n) is 5.12. The van der Waals surface area contributed by atoms with E-state index in [2.05, 4.69) is 5.32 Å². The number of aromatic nitrogens is 1. The van der Waals surface area contributed by atoms with Crippen molar-refractivity contribution in [3.63, 3.8) is 0 Å². The maximum atomic E-state index is 13.9. The number of halogens is 3. The molecular weight excluding hydrogens is 490 g/mol. The van der Waals surface area contributed by atoms with E-state index >= 15 is 0 Å². The van der Waals surface area contributed by atoms with Crippen molar-refractivity contribution in [1.29, 1.82) is 0 Å². The second kappa shape index (κ2) is 8.70. The zero-order chi connectivity index (χ0) is 23.9. The molecule has 170 valence electrons. The largest absolute Gasteiger partial charge is 0.481 e. The lowest BCUT2D eigenvalue weighted by Gasteiger charge is -2.12. The minimum Gasteiger partial charge on any atom is -0.481 e. The van der Waals surface area contributed by atoms with Crippen LogP contribution in [0.25, 0.3) is 10.9 Å². The molecule has 0 atom stereocenters. The Hall–Kier alpha value is -3.07. The molecule has 0 radical (unpaired) electrons. The summed E-state index contributed by atoms with van der Waals surface area (Å²) in [5.41, 5.74) is 1.91. The summed E-state index contributed by atoms with van der Waals surface area (Å²) in [6.45, 7) is 1.51. The van der Waals surface area contributed by atoms with E-state index in [1.807, 2.05) is 0 Å². The Kier molecular flexibility index (Phi) is 6.09. The molecule has 3 aromatic carbocycles. The molecule has 10 heteroatoms. The number of carboxylic acid groups (broad SMARTS) is 1. The van der Waals surface area contributed by atoms with E-state index < -0.39 is 28.2 Å². The summed E-state index contributed by atoms with van der Waals surface area (Å²) in [6.07, 6.45) is -0.431. The minimum atomic E-state index is -4.10. The highest BCUT2D eigenvalue weighted by Crippen LogP contribution is 2.32. The lowest BCUT2D eigenvalue weighted by atomic mass is 10.1. The molecule has 1 aromatic heterocycles. The molecule has 4 aromatic rings. The zero-order valence-corrected chi connectivity index (χ0v) is 19.5. The maximum Gasteiger partial charge on any atom is 0.307 e. The van der Waals surface area contributed by atoms with Crippen LogP contribution in [0.4, 0.5) is 15.8 Å². The normalized spacial score (nSPS) is 11.6. The van der Waals surface area contributed by atoms with E-state index in [0.29, 0.717) is 21.4 Å². The Morgan fingerprint density at radius 2 is 1.64 bits per heavy atom. The van der Waals surface area contributed by atoms with Crippen LogP contribution in [-0.2, 0) is 21.2 Å². The van der Waals surface area contributed by atoms with Crippen LogP contribution in [0.15, 0.2) is 65.6 Å². The second-order valence-electron chi connectivity index (χ2n) is 7.37. The van der Waals surface area contributed by atoms with Crippen LogP contribution >= 0.6 is 23.2 Å². The first-order valence-electron chi connectivity index (χ1n) is 9.66. The molecule has 4 rings (SSSR count). The van der Waals surface area contributed by atoms with Gasteiger partial charge in [0, 0.05) is 32.5 Å². The number of carboxylic acids is 1. The first-order valence-corrected chi connectivity index (χ1v) is 11.9. The smallest absolute Gasteiger partial charge is 0.307 e. The summed E-state index contributed by atoms with van der Waals surface area (Å²) < 4.78 is 41.9. The van der Waals surface area contributed by atoms with Crippen molar-refractivity contribution in [2.45, 2.75) is 18.2 Å². The van der Waals surface area contributed by atoms with Crippen molar-refractivity contribution in [2.75, 3.05) is 5.32 Å². The van der Waals surface area contributed by atoms with Crippen molar-refractivity contribution in [3.05, 3.63) is 87.8 Å². The molecule has 0 fully saturated rings. The number of rotatable bonds is 6. The van der Waals surface area contributed by atoms with Gasteiger partial charge >= 0.3 is 5.97 Å². The number of anilines is 2. The molecule has 33 heavy (non-hydrogen) atoms. The van der Waals surface area contributed by atoms with E-state index in [9.17, 15) is 22.7 Å². The highest BCUT2D eigenvalue weighted by Gasteiger charge is 2.26. The molecule has 6 nitrogen and oxygen atoms in total. The number of fused-ring (bicyclic) bond motifs is 1. The molecular formula is C23H17Cl2FN2O4S. The van der Waals surface area contributed by atoms with Crippen LogP contribution in [0.5, 0.6) is 0 Å². The first-order chi connectivity index (χ1) is 15.6. The SMILES string of the molecule is Cc1c(CC(=O)O)c2cc(F)ccc2n1S(=O)(=O)c1ccc(Nc2cc(Cl)cc(Cl)c2)cc1. The van der Waals surface area contributed by atoms with Crippen molar-refractivity contribution < 1.29 is 22.7 Å². The van der Waals surface area contributed by atoms with Gasteiger partial charge in [0.25, 0.3) is 10.0 Å². The van der Waals surface area contributed by atoms with Gasteiger partial charge < -0.3 is 10.4 Å². The van der Waals surface area contributed by atoms with Crippen LogP contribution < -0.4 is 5.32 Å². The molecule has 2 N–H and O–H groups in total. The summed E-state index contributed by atoms with van der Waals surface area (Å²) >= 11 is 12.0. The molecule has 0 aliphatic carbocycles. The third kappa shape index (κ3) is 4.55. The van der Waals surface area contributed by atoms with Gasteiger partial charge in [0.1, 0.15) is 5.82 Å². The molecule has 0 saturated carbocycles. The number of benzene rings is 3. The van der Waals surface area contributed by atoms with Crippen molar-refractivity contribution in [3.8, 4) is 0 Å². The average Bonchev–Trinajstić information content (AvgIpc) is 2.99. The molecule has 1 heterocycles. The van der Waals surface area contributed by atoms with Crippen LogP contribution in [0.3, 0.4) is 0 Å². The second-order valence-corrected chi connectivity index (χ2v) is 10.0. The van der Waals surface area contributed by atoms with E-state index in [4.69, 9.17) is 23.2 Å². The van der Waals surface area contributed by atoms with Crippen LogP contribution in [0.1, 0.15) is 11.3 Å². The molecule has 0 spiro atoms. The average molecular weight is 507 g/mol. The van der Waals surface area contributed by atoms with Gasteiger partial charge in [0.05, 0.1) is 16.8 Å². The van der Waals surface area contributed by atoms with Gasteiger partial charge in [0.15, 0.2) is 0 Å². The highest BCUT2D eigenvalue weighted by molar-refractivity contribution is 7.90. The lowest BCUT2D eigenvalue weighted by molar-refractivity contribution is -0.136. The number of nitrogens with zero attached hydrogens (tertiary/aromatic N) is 1. The van der Waals surface area contributed by atoms with Gasteiger partial charge in [-0.25, -0.2) is 16.8 Å². The molecule has 0 amide bonds. The quantitative estimate of drug-likeness (QED) is 0.334. The van der Waals surface area contributed by atoms with Gasteiger partial charge in [0.2, 0.25) is 0 Å². The fourth-order valence-corrected chi connectivity index (χ4v) is 5.82. The Labute approximate surface area is 199 Å². The fraction of sp³-hybridized carbons (Fsp3) is 0.0870. The predicted molar refractivity (Wildman–Crippen MR) is 127 cm³/mol. The Balaban J connectivity index is 1.75. The predicted octanol–water partition coefficient (Wildman–Crippen LogP) is 6.00. The number of carbonyl (C=O) groups is 1. The molecule has 0 bridgehead atoms. The summed E-state index contributed by atoms with van der Waals surface area (Å²) in [7, 11) is -4.10. The molecule has 0 aliphatic heterocycles. The number of aliphatic carboxylic acids is 1. The van der Waals surface area contributed by atoms with Crippen LogP contribution in [0.2, 0.25) is 10.0 Å². The number of hydrogen-bond acceptors (Lipinski definition) is 4. The van der Waals surface area contributed by atoms with Crippen molar-refractivity contribution >= 4 is 61.5 Å². The molecule has 0 unspecified atom stereocenters. The molecule has 0 saturated heterocycles. The highest BCUT2D eigenvalue weighted by atomic mass is 35.5. The topological polar surface area (TPSA) is 88.4 Å². The monoisotopic (exact) mass is 506 g/mol. The van der Waals surface area contributed by atoms with Gasteiger partial charge in [-0.05, 0) is 73.2 Å². The Morgan fingerprint density at radius 3 is 2.24 bits per heavy atom. The summed E-state index contributed by atoms with van der Waals surface area (Å²) in [5, 5.41) is 13.5. The standard InChI is InChI=1S/C23H17Cl2FN2O4S/c1-13-20(12-23(29)30)21-11-16(26)2-7-22(21)28(13)33(31,32)19-5-3-17(4-6-19)27-18-9-14(24)8-15(25)10-18/h2-11,27H,12H2,1H3,(H,29,30). The van der Waals surface area contributed by atoms with Crippen molar-refractivity contribution in [2.24, 2.45) is 0 Å². The Morgan fingerprint density at radius 1 is 1.00 bits per heavy atom.